The third-order valence-corrected chi connectivity index (χ3v) is 3.49. The van der Waals surface area contributed by atoms with Crippen molar-refractivity contribution in [2.24, 2.45) is 5.73 Å². The quantitative estimate of drug-likeness (QED) is 0.622. The summed E-state index contributed by atoms with van der Waals surface area (Å²) in [5.74, 6) is 2.08. The molecule has 0 radical (unpaired) electrons. The molecule has 0 aromatic heterocycles. The van der Waals surface area contributed by atoms with E-state index in [-0.39, 0.29) is 0 Å². The molecule has 0 heterocycles. The molecule has 2 aromatic carbocycles. The summed E-state index contributed by atoms with van der Waals surface area (Å²) in [4.78, 5) is 0.327. The molecule has 0 aliphatic heterocycles. The molecule has 0 saturated carbocycles. The summed E-state index contributed by atoms with van der Waals surface area (Å²) in [6, 6.07) is 11.5. The highest BCUT2D eigenvalue weighted by atomic mass is 32.1. The second-order valence-electron chi connectivity index (χ2n) is 5.25. The SMILES string of the molecule is COc1cc(C(N)=S)ccc1OCCOc1cc(C)cc(C)c1. The molecule has 0 bridgehead atoms. The lowest BCUT2D eigenvalue weighted by atomic mass is 10.1. The zero-order valence-electron chi connectivity index (χ0n) is 13.6. The molecule has 0 amide bonds. The van der Waals surface area contributed by atoms with Crippen molar-refractivity contribution in [1.29, 1.82) is 0 Å². The van der Waals surface area contributed by atoms with Gasteiger partial charge in [0, 0.05) is 5.56 Å². The van der Waals surface area contributed by atoms with Gasteiger partial charge in [-0.25, -0.2) is 0 Å². The van der Waals surface area contributed by atoms with Gasteiger partial charge >= 0.3 is 0 Å². The van der Waals surface area contributed by atoms with Gasteiger partial charge in [0.2, 0.25) is 0 Å². The van der Waals surface area contributed by atoms with E-state index < -0.39 is 0 Å². The van der Waals surface area contributed by atoms with E-state index in [0.717, 1.165) is 11.3 Å². The van der Waals surface area contributed by atoms with Crippen LogP contribution in [0.5, 0.6) is 17.2 Å². The van der Waals surface area contributed by atoms with Crippen LogP contribution in [0.15, 0.2) is 36.4 Å². The lowest BCUT2D eigenvalue weighted by Crippen LogP contribution is -2.11. The van der Waals surface area contributed by atoms with Crippen molar-refractivity contribution in [2.45, 2.75) is 13.8 Å². The molecule has 0 spiro atoms. The van der Waals surface area contributed by atoms with E-state index in [0.29, 0.717) is 29.7 Å². The molecule has 2 rings (SSSR count). The molecule has 2 N–H and O–H groups in total. The van der Waals surface area contributed by atoms with E-state index in [1.54, 1.807) is 19.2 Å². The fourth-order valence-electron chi connectivity index (χ4n) is 2.27. The van der Waals surface area contributed by atoms with Crippen LogP contribution in [0, 0.1) is 13.8 Å². The second kappa shape index (κ2) is 7.83. The van der Waals surface area contributed by atoms with Crippen molar-refractivity contribution in [1.82, 2.24) is 0 Å². The van der Waals surface area contributed by atoms with Crippen LogP contribution < -0.4 is 19.9 Å². The number of methoxy groups -OCH3 is 1. The monoisotopic (exact) mass is 331 g/mol. The largest absolute Gasteiger partial charge is 0.493 e. The van der Waals surface area contributed by atoms with Crippen LogP contribution in [-0.2, 0) is 0 Å². The number of thiocarbonyl (C=S) groups is 1. The van der Waals surface area contributed by atoms with Gasteiger partial charge in [0.1, 0.15) is 24.0 Å². The van der Waals surface area contributed by atoms with E-state index in [1.807, 2.05) is 32.0 Å². The van der Waals surface area contributed by atoms with Crippen molar-refractivity contribution in [2.75, 3.05) is 20.3 Å². The van der Waals surface area contributed by atoms with Crippen LogP contribution in [0.3, 0.4) is 0 Å². The number of ether oxygens (including phenoxy) is 3. The molecule has 5 heteroatoms. The molecule has 0 saturated heterocycles. The molecule has 0 aliphatic rings. The predicted octanol–water partition coefficient (Wildman–Crippen LogP) is 3.40. The lowest BCUT2D eigenvalue weighted by Gasteiger charge is -2.13. The Kier molecular flexibility index (Phi) is 5.82. The van der Waals surface area contributed by atoms with Gasteiger partial charge in [0.05, 0.1) is 7.11 Å². The first-order valence-electron chi connectivity index (χ1n) is 7.31. The van der Waals surface area contributed by atoms with Gasteiger partial charge in [-0.2, -0.15) is 0 Å². The topological polar surface area (TPSA) is 53.7 Å². The molecule has 4 nitrogen and oxygen atoms in total. The van der Waals surface area contributed by atoms with Crippen LogP contribution in [0.25, 0.3) is 0 Å². The highest BCUT2D eigenvalue weighted by molar-refractivity contribution is 7.80. The summed E-state index contributed by atoms with van der Waals surface area (Å²) in [7, 11) is 1.58. The second-order valence-corrected chi connectivity index (χ2v) is 5.69. The first-order chi connectivity index (χ1) is 11.0. The van der Waals surface area contributed by atoms with Gasteiger partial charge in [0.25, 0.3) is 0 Å². The highest BCUT2D eigenvalue weighted by Crippen LogP contribution is 2.28. The summed E-state index contributed by atoms with van der Waals surface area (Å²) in [6.07, 6.45) is 0. The van der Waals surface area contributed by atoms with Gasteiger partial charge in [-0.1, -0.05) is 18.3 Å². The van der Waals surface area contributed by atoms with Crippen molar-refractivity contribution in [3.05, 3.63) is 53.1 Å². The molecule has 0 atom stereocenters. The van der Waals surface area contributed by atoms with Gasteiger partial charge in [-0.3, -0.25) is 0 Å². The number of benzene rings is 2. The minimum absolute atomic E-state index is 0.327. The summed E-state index contributed by atoms with van der Waals surface area (Å²) in [6.45, 7) is 4.95. The van der Waals surface area contributed by atoms with E-state index >= 15 is 0 Å². The molecular formula is C18H21NO3S. The fourth-order valence-corrected chi connectivity index (χ4v) is 2.39. The first kappa shape index (κ1) is 17.1. The number of aryl methyl sites for hydroxylation is 2. The maximum atomic E-state index is 5.72. The Morgan fingerprint density at radius 3 is 2.22 bits per heavy atom. The summed E-state index contributed by atoms with van der Waals surface area (Å²) < 4.78 is 16.7. The van der Waals surface area contributed by atoms with Crippen LogP contribution in [-0.4, -0.2) is 25.3 Å². The molecular weight excluding hydrogens is 310 g/mol. The van der Waals surface area contributed by atoms with E-state index in [1.165, 1.54) is 11.1 Å². The van der Waals surface area contributed by atoms with Gasteiger partial charge < -0.3 is 19.9 Å². The van der Waals surface area contributed by atoms with Crippen molar-refractivity contribution < 1.29 is 14.2 Å². The number of nitrogens with two attached hydrogens (primary N) is 1. The minimum atomic E-state index is 0.327. The summed E-state index contributed by atoms with van der Waals surface area (Å²) >= 11 is 4.96. The van der Waals surface area contributed by atoms with Crippen molar-refractivity contribution >= 4 is 17.2 Å². The van der Waals surface area contributed by atoms with Crippen LogP contribution >= 0.6 is 12.2 Å². The Morgan fingerprint density at radius 2 is 1.61 bits per heavy atom. The fraction of sp³-hybridized carbons (Fsp3) is 0.278. The molecule has 0 fully saturated rings. The van der Waals surface area contributed by atoms with Crippen molar-refractivity contribution in [3.8, 4) is 17.2 Å². The Morgan fingerprint density at radius 1 is 0.957 bits per heavy atom. The van der Waals surface area contributed by atoms with Gasteiger partial charge in [-0.15, -0.1) is 0 Å². The lowest BCUT2D eigenvalue weighted by molar-refractivity contribution is 0.211. The minimum Gasteiger partial charge on any atom is -0.493 e. The molecule has 2 aromatic rings. The maximum Gasteiger partial charge on any atom is 0.161 e. The first-order valence-corrected chi connectivity index (χ1v) is 7.72. The maximum absolute atomic E-state index is 5.72. The highest BCUT2D eigenvalue weighted by Gasteiger charge is 2.07. The smallest absolute Gasteiger partial charge is 0.161 e. The molecule has 0 aliphatic carbocycles. The number of hydrogen-bond donors (Lipinski definition) is 1. The Balaban J connectivity index is 1.92. The standard InChI is InChI=1S/C18H21NO3S/c1-12-8-13(2)10-15(9-12)21-6-7-22-16-5-4-14(18(19)23)11-17(16)20-3/h4-5,8-11H,6-7H2,1-3H3,(H2,19,23). The third-order valence-electron chi connectivity index (χ3n) is 3.25. The number of rotatable bonds is 7. The predicted molar refractivity (Wildman–Crippen MR) is 95.8 cm³/mol. The molecule has 23 heavy (non-hydrogen) atoms. The number of hydrogen-bond acceptors (Lipinski definition) is 4. The Bertz CT molecular complexity index is 680. The van der Waals surface area contributed by atoms with E-state index in [2.05, 4.69) is 6.07 Å². The summed E-state index contributed by atoms with van der Waals surface area (Å²) in [5, 5.41) is 0. The molecule has 0 unspecified atom stereocenters. The normalized spacial score (nSPS) is 10.2. The van der Waals surface area contributed by atoms with Crippen LogP contribution in [0.2, 0.25) is 0 Å². The van der Waals surface area contributed by atoms with Crippen LogP contribution in [0.1, 0.15) is 16.7 Å². The van der Waals surface area contributed by atoms with Gasteiger partial charge in [0.15, 0.2) is 11.5 Å². The third kappa shape index (κ3) is 4.86. The zero-order chi connectivity index (χ0) is 16.8. The van der Waals surface area contributed by atoms with E-state index in [4.69, 9.17) is 32.2 Å². The van der Waals surface area contributed by atoms with Gasteiger partial charge in [-0.05, 0) is 55.3 Å². The van der Waals surface area contributed by atoms with Crippen molar-refractivity contribution in [3.63, 3.8) is 0 Å². The Labute approximate surface area is 142 Å². The summed E-state index contributed by atoms with van der Waals surface area (Å²) in [5.41, 5.74) is 8.71. The zero-order valence-corrected chi connectivity index (χ0v) is 14.4. The van der Waals surface area contributed by atoms with Crippen LogP contribution in [0.4, 0.5) is 0 Å². The Hall–Kier alpha value is -2.27. The van der Waals surface area contributed by atoms with E-state index in [9.17, 15) is 0 Å². The average molecular weight is 331 g/mol. The molecule has 122 valence electrons. The average Bonchev–Trinajstić information content (AvgIpc) is 2.50.